The molecule has 0 bridgehead atoms. The van der Waals surface area contributed by atoms with Gasteiger partial charge in [0.25, 0.3) is 5.91 Å². The second-order valence-electron chi connectivity index (χ2n) is 4.27. The average Bonchev–Trinajstić information content (AvgIpc) is 2.90. The quantitative estimate of drug-likeness (QED) is 0.832. The van der Waals surface area contributed by atoms with Crippen LogP contribution in [-0.2, 0) is 4.74 Å². The van der Waals surface area contributed by atoms with Crippen LogP contribution in [0.3, 0.4) is 0 Å². The third-order valence-corrected chi connectivity index (χ3v) is 3.90. The molecule has 1 aromatic carbocycles. The maximum absolute atomic E-state index is 12.1. The first-order valence-corrected chi connectivity index (χ1v) is 7.41. The average molecular weight is 265 g/mol. The van der Waals surface area contributed by atoms with Gasteiger partial charge >= 0.3 is 0 Å². The van der Waals surface area contributed by atoms with Crippen LogP contribution in [0.2, 0.25) is 0 Å². The van der Waals surface area contributed by atoms with Crippen molar-refractivity contribution < 1.29 is 9.53 Å². The van der Waals surface area contributed by atoms with E-state index in [1.807, 2.05) is 24.3 Å². The second kappa shape index (κ2) is 6.81. The van der Waals surface area contributed by atoms with Crippen LogP contribution in [0.4, 0.5) is 0 Å². The maximum Gasteiger partial charge on any atom is 0.252 e. The standard InChI is InChI=1S/C14H19NO2S/c1-2-18-13-8-4-3-7-12(13)14(16)15-10-11-6-5-9-17-11/h3-4,7-8,11H,2,5-6,9-10H2,1H3,(H,15,16)/t11-/m1/s1. The molecule has 1 fully saturated rings. The van der Waals surface area contributed by atoms with Crippen LogP contribution in [0.1, 0.15) is 30.1 Å². The highest BCUT2D eigenvalue weighted by Gasteiger charge is 2.17. The molecule has 2 rings (SSSR count). The van der Waals surface area contributed by atoms with E-state index in [0.29, 0.717) is 6.54 Å². The third kappa shape index (κ3) is 3.50. The number of ether oxygens (including phenoxy) is 1. The lowest BCUT2D eigenvalue weighted by Gasteiger charge is -2.12. The first kappa shape index (κ1) is 13.4. The van der Waals surface area contributed by atoms with Crippen LogP contribution in [0.25, 0.3) is 0 Å². The molecule has 1 aromatic rings. The van der Waals surface area contributed by atoms with E-state index in [9.17, 15) is 4.79 Å². The number of rotatable bonds is 5. The molecule has 0 aromatic heterocycles. The van der Waals surface area contributed by atoms with E-state index in [1.165, 1.54) is 0 Å². The summed E-state index contributed by atoms with van der Waals surface area (Å²) in [4.78, 5) is 13.2. The fourth-order valence-electron chi connectivity index (χ4n) is 2.04. The zero-order valence-corrected chi connectivity index (χ0v) is 11.5. The first-order chi connectivity index (χ1) is 8.81. The Morgan fingerprint density at radius 1 is 1.50 bits per heavy atom. The van der Waals surface area contributed by atoms with Crippen LogP contribution in [0.5, 0.6) is 0 Å². The maximum atomic E-state index is 12.1. The lowest BCUT2D eigenvalue weighted by atomic mass is 10.2. The minimum atomic E-state index is 0.00190. The number of nitrogens with one attached hydrogen (secondary N) is 1. The Kier molecular flexibility index (Phi) is 5.08. The number of carbonyl (C=O) groups is 1. The van der Waals surface area contributed by atoms with E-state index in [0.717, 1.165) is 35.7 Å². The zero-order valence-electron chi connectivity index (χ0n) is 10.6. The van der Waals surface area contributed by atoms with E-state index in [2.05, 4.69) is 12.2 Å². The number of benzene rings is 1. The molecular weight excluding hydrogens is 246 g/mol. The Labute approximate surface area is 112 Å². The topological polar surface area (TPSA) is 38.3 Å². The molecule has 1 amide bonds. The predicted octanol–water partition coefficient (Wildman–Crippen LogP) is 2.71. The minimum absolute atomic E-state index is 0.00190. The van der Waals surface area contributed by atoms with Crippen molar-refractivity contribution in [3.63, 3.8) is 0 Å². The molecule has 1 heterocycles. The monoisotopic (exact) mass is 265 g/mol. The van der Waals surface area contributed by atoms with E-state index in [4.69, 9.17) is 4.74 Å². The van der Waals surface area contributed by atoms with Crippen molar-refractivity contribution in [3.8, 4) is 0 Å². The number of hydrogen-bond donors (Lipinski definition) is 1. The summed E-state index contributed by atoms with van der Waals surface area (Å²) in [5.41, 5.74) is 0.766. The Morgan fingerprint density at radius 2 is 2.33 bits per heavy atom. The van der Waals surface area contributed by atoms with Gasteiger partial charge in [0.2, 0.25) is 0 Å². The SMILES string of the molecule is CCSc1ccccc1C(=O)NC[C@H]1CCCO1. The molecule has 1 aliphatic rings. The van der Waals surface area contributed by atoms with Crippen LogP contribution < -0.4 is 5.32 Å². The number of carbonyl (C=O) groups excluding carboxylic acids is 1. The molecule has 0 spiro atoms. The molecule has 1 aliphatic heterocycles. The molecule has 1 saturated heterocycles. The van der Waals surface area contributed by atoms with E-state index >= 15 is 0 Å². The van der Waals surface area contributed by atoms with Crippen molar-refractivity contribution >= 4 is 17.7 Å². The molecule has 0 aliphatic carbocycles. The summed E-state index contributed by atoms with van der Waals surface area (Å²) in [6.45, 7) is 3.53. The van der Waals surface area contributed by atoms with Crippen LogP contribution in [0.15, 0.2) is 29.2 Å². The summed E-state index contributed by atoms with van der Waals surface area (Å²) < 4.78 is 5.50. The smallest absolute Gasteiger partial charge is 0.252 e. The molecular formula is C14H19NO2S. The molecule has 1 atom stereocenters. The molecule has 98 valence electrons. The van der Waals surface area contributed by atoms with Crippen LogP contribution in [-0.4, -0.2) is 30.9 Å². The highest BCUT2D eigenvalue weighted by molar-refractivity contribution is 7.99. The molecule has 0 radical (unpaired) electrons. The summed E-state index contributed by atoms with van der Waals surface area (Å²) in [5, 5.41) is 2.96. The first-order valence-electron chi connectivity index (χ1n) is 6.43. The van der Waals surface area contributed by atoms with Crippen molar-refractivity contribution in [1.29, 1.82) is 0 Å². The Morgan fingerprint density at radius 3 is 3.06 bits per heavy atom. The lowest BCUT2D eigenvalue weighted by molar-refractivity contribution is 0.0855. The summed E-state index contributed by atoms with van der Waals surface area (Å²) in [6.07, 6.45) is 2.34. The van der Waals surface area contributed by atoms with E-state index in [1.54, 1.807) is 11.8 Å². The summed E-state index contributed by atoms with van der Waals surface area (Å²) in [6, 6.07) is 7.74. The highest BCUT2D eigenvalue weighted by atomic mass is 32.2. The fraction of sp³-hybridized carbons (Fsp3) is 0.500. The van der Waals surface area contributed by atoms with Crippen molar-refractivity contribution in [2.75, 3.05) is 18.9 Å². The molecule has 0 saturated carbocycles. The summed E-state index contributed by atoms with van der Waals surface area (Å²) in [7, 11) is 0. The molecule has 4 heteroatoms. The number of amides is 1. The summed E-state index contributed by atoms with van der Waals surface area (Å²) >= 11 is 1.70. The van der Waals surface area contributed by atoms with Gasteiger partial charge in [0.15, 0.2) is 0 Å². The van der Waals surface area contributed by atoms with Crippen molar-refractivity contribution in [2.45, 2.75) is 30.8 Å². The molecule has 18 heavy (non-hydrogen) atoms. The van der Waals surface area contributed by atoms with E-state index in [-0.39, 0.29) is 12.0 Å². The Balaban J connectivity index is 1.94. The predicted molar refractivity (Wildman–Crippen MR) is 74.1 cm³/mol. The zero-order chi connectivity index (χ0) is 12.8. The van der Waals surface area contributed by atoms with Gasteiger partial charge in [-0.05, 0) is 30.7 Å². The molecule has 1 N–H and O–H groups in total. The lowest BCUT2D eigenvalue weighted by Crippen LogP contribution is -2.32. The third-order valence-electron chi connectivity index (χ3n) is 2.95. The van der Waals surface area contributed by atoms with Gasteiger partial charge in [0.1, 0.15) is 0 Å². The van der Waals surface area contributed by atoms with Gasteiger partial charge in [-0.15, -0.1) is 11.8 Å². The number of thioether (sulfide) groups is 1. The molecule has 3 nitrogen and oxygen atoms in total. The minimum Gasteiger partial charge on any atom is -0.376 e. The van der Waals surface area contributed by atoms with Crippen molar-refractivity contribution in [3.05, 3.63) is 29.8 Å². The second-order valence-corrected chi connectivity index (χ2v) is 5.58. The summed E-state index contributed by atoms with van der Waals surface area (Å²) in [5.74, 6) is 0.970. The molecule has 0 unspecified atom stereocenters. The van der Waals surface area contributed by atoms with Crippen LogP contribution >= 0.6 is 11.8 Å². The fourth-order valence-corrected chi connectivity index (χ4v) is 2.84. The Hall–Kier alpha value is -1.00. The number of hydrogen-bond acceptors (Lipinski definition) is 3. The van der Waals surface area contributed by atoms with E-state index < -0.39 is 0 Å². The van der Waals surface area contributed by atoms with Crippen molar-refractivity contribution in [2.24, 2.45) is 0 Å². The Bertz CT molecular complexity index is 403. The van der Waals surface area contributed by atoms with Gasteiger partial charge in [-0.3, -0.25) is 4.79 Å². The van der Waals surface area contributed by atoms with Gasteiger partial charge in [0, 0.05) is 18.0 Å². The van der Waals surface area contributed by atoms with Gasteiger partial charge < -0.3 is 10.1 Å². The van der Waals surface area contributed by atoms with Crippen LogP contribution in [0, 0.1) is 0 Å². The van der Waals surface area contributed by atoms with Gasteiger partial charge in [-0.2, -0.15) is 0 Å². The largest absolute Gasteiger partial charge is 0.376 e. The van der Waals surface area contributed by atoms with Gasteiger partial charge in [-0.25, -0.2) is 0 Å². The highest BCUT2D eigenvalue weighted by Crippen LogP contribution is 2.22. The normalized spacial score (nSPS) is 18.8. The van der Waals surface area contributed by atoms with Gasteiger partial charge in [-0.1, -0.05) is 19.1 Å². The van der Waals surface area contributed by atoms with Crippen molar-refractivity contribution in [1.82, 2.24) is 5.32 Å². The van der Waals surface area contributed by atoms with Gasteiger partial charge in [0.05, 0.1) is 11.7 Å².